The van der Waals surface area contributed by atoms with Gasteiger partial charge in [-0.05, 0) is 31.4 Å². The van der Waals surface area contributed by atoms with E-state index >= 15 is 0 Å². The van der Waals surface area contributed by atoms with Crippen LogP contribution in [-0.4, -0.2) is 43.7 Å². The number of carbonyl (C=O) groups excluding carboxylic acids is 2. The van der Waals surface area contributed by atoms with Gasteiger partial charge in [-0.1, -0.05) is 24.3 Å². The molecule has 1 aromatic rings. The first kappa shape index (κ1) is 20.4. The van der Waals surface area contributed by atoms with Crippen molar-refractivity contribution >= 4 is 11.8 Å². The minimum Gasteiger partial charge on any atom is -0.493 e. The van der Waals surface area contributed by atoms with Crippen molar-refractivity contribution in [3.05, 3.63) is 55.1 Å². The molecule has 0 heterocycles. The van der Waals surface area contributed by atoms with Crippen LogP contribution in [0.3, 0.4) is 0 Å². The molecule has 0 fully saturated rings. The van der Waals surface area contributed by atoms with Crippen LogP contribution in [0.2, 0.25) is 0 Å². The predicted molar refractivity (Wildman–Crippen MR) is 97.2 cm³/mol. The zero-order valence-corrected chi connectivity index (χ0v) is 14.9. The molecule has 136 valence electrons. The van der Waals surface area contributed by atoms with E-state index in [1.54, 1.807) is 30.3 Å². The molecule has 1 rings (SSSR count). The Balaban J connectivity index is 2.84. The van der Waals surface area contributed by atoms with E-state index in [1.165, 1.54) is 14.2 Å². The van der Waals surface area contributed by atoms with Gasteiger partial charge >= 0.3 is 0 Å². The largest absolute Gasteiger partial charge is 0.493 e. The predicted octanol–water partition coefficient (Wildman–Crippen LogP) is 2.73. The summed E-state index contributed by atoms with van der Waals surface area (Å²) >= 11 is 0. The van der Waals surface area contributed by atoms with Crippen molar-refractivity contribution in [2.24, 2.45) is 0 Å². The van der Waals surface area contributed by atoms with E-state index in [9.17, 15) is 9.59 Å². The number of allylic oxidation sites excluding steroid dienone is 1. The zero-order chi connectivity index (χ0) is 18.7. The van der Waals surface area contributed by atoms with E-state index in [1.807, 2.05) is 6.08 Å². The number of nitrogens with zero attached hydrogens (tertiary/aromatic N) is 1. The fourth-order valence-corrected chi connectivity index (χ4v) is 2.12. The summed E-state index contributed by atoms with van der Waals surface area (Å²) in [6.45, 7) is 7.78. The second-order valence-corrected chi connectivity index (χ2v) is 5.34. The van der Waals surface area contributed by atoms with Crippen LogP contribution in [0.4, 0.5) is 0 Å². The molecule has 6 nitrogen and oxygen atoms in total. The maximum atomic E-state index is 12.6. The SMILES string of the molecule is C=CCCCOc1ccccc1C(=O)N[C@@H](CC=C)C(=O)N(C)OC. The average Bonchev–Trinajstić information content (AvgIpc) is 2.63. The van der Waals surface area contributed by atoms with Gasteiger partial charge in [0.1, 0.15) is 11.8 Å². The molecule has 0 saturated heterocycles. The molecule has 0 saturated carbocycles. The minimum absolute atomic E-state index is 0.292. The Labute approximate surface area is 149 Å². The second-order valence-electron chi connectivity index (χ2n) is 5.34. The van der Waals surface area contributed by atoms with Crippen LogP contribution in [0.25, 0.3) is 0 Å². The Morgan fingerprint density at radius 2 is 2.00 bits per heavy atom. The monoisotopic (exact) mass is 346 g/mol. The van der Waals surface area contributed by atoms with Crippen molar-refractivity contribution in [3.63, 3.8) is 0 Å². The highest BCUT2D eigenvalue weighted by Crippen LogP contribution is 2.19. The van der Waals surface area contributed by atoms with E-state index in [0.717, 1.165) is 17.9 Å². The molecule has 0 aliphatic rings. The Bertz CT molecular complexity index is 601. The van der Waals surface area contributed by atoms with Gasteiger partial charge in [0, 0.05) is 7.05 Å². The number of hydrogen-bond donors (Lipinski definition) is 1. The number of likely N-dealkylation sites (N-methyl/N-ethyl adjacent to an activating group) is 1. The van der Waals surface area contributed by atoms with Crippen molar-refractivity contribution in [1.29, 1.82) is 0 Å². The molecule has 1 N–H and O–H groups in total. The molecule has 0 unspecified atom stereocenters. The molecule has 0 bridgehead atoms. The summed E-state index contributed by atoms with van der Waals surface area (Å²) in [6, 6.07) is 6.17. The number of unbranched alkanes of at least 4 members (excludes halogenated alkanes) is 1. The Hall–Kier alpha value is -2.60. The van der Waals surface area contributed by atoms with E-state index < -0.39 is 6.04 Å². The summed E-state index contributed by atoms with van der Waals surface area (Å²) < 4.78 is 5.68. The summed E-state index contributed by atoms with van der Waals surface area (Å²) in [5, 5.41) is 3.79. The molecule has 6 heteroatoms. The van der Waals surface area contributed by atoms with Gasteiger partial charge in [0.05, 0.1) is 19.3 Å². The van der Waals surface area contributed by atoms with Crippen LogP contribution in [-0.2, 0) is 9.63 Å². The number of carbonyl (C=O) groups is 2. The molecule has 2 amide bonds. The van der Waals surface area contributed by atoms with Gasteiger partial charge in [0.15, 0.2) is 0 Å². The van der Waals surface area contributed by atoms with Crippen LogP contribution in [0.5, 0.6) is 5.75 Å². The highest BCUT2D eigenvalue weighted by molar-refractivity contribution is 5.99. The van der Waals surface area contributed by atoms with E-state index in [2.05, 4.69) is 18.5 Å². The summed E-state index contributed by atoms with van der Waals surface area (Å²) in [6.07, 6.45) is 5.34. The van der Waals surface area contributed by atoms with Crippen molar-refractivity contribution in [2.75, 3.05) is 20.8 Å². The van der Waals surface area contributed by atoms with Gasteiger partial charge in [0.25, 0.3) is 11.8 Å². The van der Waals surface area contributed by atoms with Crippen LogP contribution in [0.1, 0.15) is 29.6 Å². The maximum absolute atomic E-state index is 12.6. The molecule has 0 spiro atoms. The summed E-state index contributed by atoms with van der Waals surface area (Å²) in [4.78, 5) is 29.8. The number of amides is 2. The third-order valence-electron chi connectivity index (χ3n) is 3.53. The topological polar surface area (TPSA) is 67.9 Å². The number of hydroxylamine groups is 2. The highest BCUT2D eigenvalue weighted by atomic mass is 16.7. The molecular formula is C19H26N2O4. The van der Waals surface area contributed by atoms with E-state index in [-0.39, 0.29) is 11.8 Å². The fourth-order valence-electron chi connectivity index (χ4n) is 2.12. The van der Waals surface area contributed by atoms with Crippen molar-refractivity contribution in [2.45, 2.75) is 25.3 Å². The molecular weight excluding hydrogens is 320 g/mol. The van der Waals surface area contributed by atoms with Crippen LogP contribution < -0.4 is 10.1 Å². The molecule has 0 aromatic heterocycles. The summed E-state index contributed by atoms with van der Waals surface area (Å²) in [5.74, 6) is -0.266. The highest BCUT2D eigenvalue weighted by Gasteiger charge is 2.24. The quantitative estimate of drug-likeness (QED) is 0.380. The number of para-hydroxylation sites is 1. The summed E-state index contributed by atoms with van der Waals surface area (Å²) in [7, 11) is 2.87. The van der Waals surface area contributed by atoms with Gasteiger partial charge in [-0.2, -0.15) is 0 Å². The van der Waals surface area contributed by atoms with Gasteiger partial charge in [0.2, 0.25) is 0 Å². The Morgan fingerprint density at radius 3 is 2.64 bits per heavy atom. The van der Waals surface area contributed by atoms with Crippen molar-refractivity contribution < 1.29 is 19.2 Å². The molecule has 0 aliphatic heterocycles. The number of nitrogens with one attached hydrogen (secondary N) is 1. The van der Waals surface area contributed by atoms with Crippen molar-refractivity contribution in [1.82, 2.24) is 10.4 Å². The lowest BCUT2D eigenvalue weighted by Gasteiger charge is -2.22. The first-order valence-electron chi connectivity index (χ1n) is 8.11. The lowest BCUT2D eigenvalue weighted by atomic mass is 10.1. The van der Waals surface area contributed by atoms with Crippen LogP contribution >= 0.6 is 0 Å². The third kappa shape index (κ3) is 6.43. The Kier molecular flexibility index (Phi) is 9.03. The lowest BCUT2D eigenvalue weighted by molar-refractivity contribution is -0.170. The fraction of sp³-hybridized carbons (Fsp3) is 0.368. The molecule has 1 aromatic carbocycles. The minimum atomic E-state index is -0.760. The van der Waals surface area contributed by atoms with E-state index in [4.69, 9.17) is 9.57 Å². The van der Waals surface area contributed by atoms with Gasteiger partial charge in [-0.25, -0.2) is 5.06 Å². The smallest absolute Gasteiger partial charge is 0.268 e. The van der Waals surface area contributed by atoms with Crippen molar-refractivity contribution in [3.8, 4) is 5.75 Å². The standard InChI is InChI=1S/C19H26N2O4/c1-5-7-10-14-25-17-13-9-8-12-15(17)18(22)20-16(11-6-2)19(23)21(3)24-4/h5-6,8-9,12-13,16H,1-2,7,10-11,14H2,3-4H3,(H,20,22)/t16-/m0/s1. The molecule has 0 aliphatic carbocycles. The van der Waals surface area contributed by atoms with Crippen LogP contribution in [0.15, 0.2) is 49.6 Å². The normalized spacial score (nSPS) is 11.3. The summed E-state index contributed by atoms with van der Waals surface area (Å²) in [5.41, 5.74) is 0.378. The first-order chi connectivity index (χ1) is 12.0. The lowest BCUT2D eigenvalue weighted by Crippen LogP contribution is -2.46. The number of hydrogen-bond acceptors (Lipinski definition) is 4. The van der Waals surface area contributed by atoms with Gasteiger partial charge in [-0.15, -0.1) is 13.2 Å². The molecule has 0 radical (unpaired) electrons. The number of ether oxygens (including phenoxy) is 1. The number of rotatable bonds is 11. The van der Waals surface area contributed by atoms with Crippen LogP contribution in [0, 0.1) is 0 Å². The number of benzene rings is 1. The first-order valence-corrected chi connectivity index (χ1v) is 8.11. The van der Waals surface area contributed by atoms with Gasteiger partial charge < -0.3 is 10.1 Å². The maximum Gasteiger partial charge on any atom is 0.268 e. The van der Waals surface area contributed by atoms with E-state index in [0.29, 0.717) is 24.3 Å². The zero-order valence-electron chi connectivity index (χ0n) is 14.9. The average molecular weight is 346 g/mol. The molecule has 1 atom stereocenters. The second kappa shape index (κ2) is 11.0. The van der Waals surface area contributed by atoms with Gasteiger partial charge in [-0.3, -0.25) is 14.4 Å². The Morgan fingerprint density at radius 1 is 1.28 bits per heavy atom. The third-order valence-corrected chi connectivity index (χ3v) is 3.53. The molecule has 25 heavy (non-hydrogen) atoms.